The first-order valence-electron chi connectivity index (χ1n) is 8.02. The number of hydrogen-bond donors (Lipinski definition) is 0. The Morgan fingerprint density at radius 3 is 2.68 bits per heavy atom. The second-order valence-electron chi connectivity index (χ2n) is 6.85. The predicted octanol–water partition coefficient (Wildman–Crippen LogP) is 1.26. The van der Waals surface area contributed by atoms with Crippen molar-refractivity contribution >= 4 is 17.5 Å². The number of fused-ring (bicyclic) bond motifs is 1. The normalized spacial score (nSPS) is 35.8. The largest absolute Gasteiger partial charge is 0.550 e. The molecule has 5 atom stereocenters. The van der Waals surface area contributed by atoms with Gasteiger partial charge in [-0.05, 0) is 31.1 Å². The van der Waals surface area contributed by atoms with Crippen LogP contribution in [-0.4, -0.2) is 17.5 Å². The molecule has 5 nitrogen and oxygen atoms in total. The van der Waals surface area contributed by atoms with Crippen LogP contribution in [0.15, 0.2) is 0 Å². The molecule has 0 aromatic heterocycles. The van der Waals surface area contributed by atoms with E-state index in [1.807, 2.05) is 13.0 Å². The standard InChI is InChI=1S/C17H23NO4/c1-3-12(16(21)22)15-13(19)9-11-7-10(2)8-14(20)17(11,15)5-4-6-18/h10-12,15H,3-5,7-9H2,1-2H3,(H,21,22)/p-1/t10-,11+,12?,15+,17-/m1/s1. The van der Waals surface area contributed by atoms with Crippen LogP contribution in [-0.2, 0) is 14.4 Å². The molecule has 120 valence electrons. The monoisotopic (exact) mass is 304 g/mol. The van der Waals surface area contributed by atoms with Gasteiger partial charge in [-0.3, -0.25) is 9.59 Å². The van der Waals surface area contributed by atoms with Gasteiger partial charge in [0.1, 0.15) is 11.6 Å². The van der Waals surface area contributed by atoms with Crippen molar-refractivity contribution in [1.29, 1.82) is 5.26 Å². The predicted molar refractivity (Wildman–Crippen MR) is 76.1 cm³/mol. The van der Waals surface area contributed by atoms with E-state index in [1.54, 1.807) is 6.92 Å². The van der Waals surface area contributed by atoms with E-state index in [0.717, 1.165) is 6.42 Å². The maximum atomic E-state index is 12.8. The van der Waals surface area contributed by atoms with Gasteiger partial charge in [0.15, 0.2) is 0 Å². The number of rotatable bonds is 5. The van der Waals surface area contributed by atoms with Gasteiger partial charge in [0, 0.05) is 42.5 Å². The molecule has 2 saturated carbocycles. The molecule has 0 heterocycles. The zero-order chi connectivity index (χ0) is 16.5. The second-order valence-corrected chi connectivity index (χ2v) is 6.85. The minimum atomic E-state index is -1.26. The van der Waals surface area contributed by atoms with Gasteiger partial charge in [-0.2, -0.15) is 5.26 Å². The van der Waals surface area contributed by atoms with Crippen molar-refractivity contribution < 1.29 is 19.5 Å². The molecule has 0 aromatic carbocycles. The Kier molecular flexibility index (Phi) is 4.69. The van der Waals surface area contributed by atoms with Gasteiger partial charge < -0.3 is 9.90 Å². The van der Waals surface area contributed by atoms with Gasteiger partial charge in [-0.15, -0.1) is 0 Å². The van der Waals surface area contributed by atoms with E-state index < -0.39 is 23.2 Å². The van der Waals surface area contributed by atoms with E-state index in [9.17, 15) is 19.5 Å². The third-order valence-electron chi connectivity index (χ3n) is 5.61. The first-order valence-corrected chi connectivity index (χ1v) is 8.02. The summed E-state index contributed by atoms with van der Waals surface area (Å²) in [6.07, 6.45) is 2.11. The van der Waals surface area contributed by atoms with Gasteiger partial charge in [-0.1, -0.05) is 13.8 Å². The molecule has 0 N–H and O–H groups in total. The minimum Gasteiger partial charge on any atom is -0.550 e. The molecule has 2 fully saturated rings. The Morgan fingerprint density at radius 2 is 2.14 bits per heavy atom. The third-order valence-corrected chi connectivity index (χ3v) is 5.61. The fourth-order valence-electron chi connectivity index (χ4n) is 4.75. The topological polar surface area (TPSA) is 98.1 Å². The van der Waals surface area contributed by atoms with Crippen LogP contribution in [0.5, 0.6) is 0 Å². The molecule has 2 aliphatic carbocycles. The number of carbonyl (C=O) groups is 3. The Balaban J connectivity index is 2.50. The van der Waals surface area contributed by atoms with Gasteiger partial charge in [0.05, 0.1) is 6.07 Å². The quantitative estimate of drug-likeness (QED) is 0.761. The molecule has 0 saturated heterocycles. The summed E-state index contributed by atoms with van der Waals surface area (Å²) in [5.74, 6) is -3.09. The number of nitrogens with zero attached hydrogens (tertiary/aromatic N) is 1. The lowest BCUT2D eigenvalue weighted by Gasteiger charge is -2.45. The fraction of sp³-hybridized carbons (Fsp3) is 0.765. The maximum Gasteiger partial charge on any atom is 0.140 e. The first-order chi connectivity index (χ1) is 10.4. The molecule has 2 aliphatic rings. The van der Waals surface area contributed by atoms with E-state index in [2.05, 4.69) is 0 Å². The maximum absolute atomic E-state index is 12.8. The summed E-state index contributed by atoms with van der Waals surface area (Å²) in [6, 6.07) is 2.05. The van der Waals surface area contributed by atoms with Gasteiger partial charge in [0.2, 0.25) is 0 Å². The van der Waals surface area contributed by atoms with Crippen LogP contribution in [0.1, 0.15) is 52.4 Å². The molecule has 2 rings (SSSR count). The van der Waals surface area contributed by atoms with Crippen LogP contribution >= 0.6 is 0 Å². The number of carboxylic acids is 1. The van der Waals surface area contributed by atoms with E-state index in [0.29, 0.717) is 12.8 Å². The lowest BCUT2D eigenvalue weighted by molar-refractivity contribution is -0.314. The molecule has 0 aliphatic heterocycles. The second kappa shape index (κ2) is 6.20. The van der Waals surface area contributed by atoms with Crippen LogP contribution in [0.4, 0.5) is 0 Å². The average molecular weight is 304 g/mol. The van der Waals surface area contributed by atoms with Crippen molar-refractivity contribution in [3.63, 3.8) is 0 Å². The molecule has 0 bridgehead atoms. The van der Waals surface area contributed by atoms with Crippen LogP contribution in [0.3, 0.4) is 0 Å². The highest BCUT2D eigenvalue weighted by atomic mass is 16.4. The van der Waals surface area contributed by atoms with Crippen molar-refractivity contribution in [2.24, 2.45) is 29.1 Å². The number of hydrogen-bond acceptors (Lipinski definition) is 5. The van der Waals surface area contributed by atoms with Crippen molar-refractivity contribution in [3.8, 4) is 6.07 Å². The number of ketones is 2. The van der Waals surface area contributed by atoms with Crippen molar-refractivity contribution in [2.75, 3.05) is 0 Å². The molecular weight excluding hydrogens is 282 g/mol. The summed E-state index contributed by atoms with van der Waals surface area (Å²) in [5.41, 5.74) is -0.958. The number of aliphatic carboxylic acids is 1. The van der Waals surface area contributed by atoms with E-state index in [-0.39, 0.29) is 42.7 Å². The zero-order valence-electron chi connectivity index (χ0n) is 13.1. The smallest absolute Gasteiger partial charge is 0.140 e. The van der Waals surface area contributed by atoms with E-state index in [1.165, 1.54) is 0 Å². The molecular formula is C17H22NO4-. The fourth-order valence-corrected chi connectivity index (χ4v) is 4.75. The molecule has 22 heavy (non-hydrogen) atoms. The molecule has 1 unspecified atom stereocenters. The van der Waals surface area contributed by atoms with Crippen LogP contribution in [0.2, 0.25) is 0 Å². The van der Waals surface area contributed by atoms with E-state index in [4.69, 9.17) is 5.26 Å². The SMILES string of the molecule is CCC(C(=O)[O-])[C@H]1C(=O)C[C@@H]2C[C@@H](C)CC(=O)[C@@]21CCC#N. The van der Waals surface area contributed by atoms with Crippen molar-refractivity contribution in [3.05, 3.63) is 0 Å². The van der Waals surface area contributed by atoms with Gasteiger partial charge in [-0.25, -0.2) is 0 Å². The summed E-state index contributed by atoms with van der Waals surface area (Å²) >= 11 is 0. The number of carbonyl (C=O) groups excluding carboxylic acids is 3. The molecule has 0 aromatic rings. The highest BCUT2D eigenvalue weighted by Gasteiger charge is 2.62. The third kappa shape index (κ3) is 2.45. The summed E-state index contributed by atoms with van der Waals surface area (Å²) in [6.45, 7) is 3.69. The van der Waals surface area contributed by atoms with E-state index >= 15 is 0 Å². The van der Waals surface area contributed by atoms with Gasteiger partial charge >= 0.3 is 0 Å². The average Bonchev–Trinajstić information content (AvgIpc) is 2.71. The number of carboxylic acid groups (broad SMARTS) is 1. The molecule has 0 amide bonds. The summed E-state index contributed by atoms with van der Waals surface area (Å²) in [5, 5.41) is 20.4. The highest BCUT2D eigenvalue weighted by Crippen LogP contribution is 2.58. The molecule has 5 heteroatoms. The Labute approximate surface area is 130 Å². The number of Topliss-reactive ketones (excluding diaryl/α,β-unsaturated/α-hetero) is 2. The minimum absolute atomic E-state index is 0.0259. The first kappa shape index (κ1) is 16.7. The summed E-state index contributed by atoms with van der Waals surface area (Å²) in [4.78, 5) is 36.9. The van der Waals surface area contributed by atoms with Gasteiger partial charge in [0.25, 0.3) is 0 Å². The number of nitriles is 1. The van der Waals surface area contributed by atoms with Crippen LogP contribution < -0.4 is 5.11 Å². The van der Waals surface area contributed by atoms with Crippen molar-refractivity contribution in [1.82, 2.24) is 0 Å². The lowest BCUT2D eigenvalue weighted by atomic mass is 9.56. The van der Waals surface area contributed by atoms with Crippen LogP contribution in [0, 0.1) is 40.4 Å². The zero-order valence-corrected chi connectivity index (χ0v) is 13.1. The van der Waals surface area contributed by atoms with Crippen molar-refractivity contribution in [2.45, 2.75) is 52.4 Å². The lowest BCUT2D eigenvalue weighted by Crippen LogP contribution is -2.51. The van der Waals surface area contributed by atoms with Crippen LogP contribution in [0.25, 0.3) is 0 Å². The Bertz CT molecular complexity index is 535. The summed E-state index contributed by atoms with van der Waals surface area (Å²) in [7, 11) is 0. The Hall–Kier alpha value is -1.70. The summed E-state index contributed by atoms with van der Waals surface area (Å²) < 4.78 is 0. The Morgan fingerprint density at radius 1 is 1.45 bits per heavy atom. The molecule has 0 radical (unpaired) electrons. The highest BCUT2D eigenvalue weighted by molar-refractivity contribution is 5.99. The molecule has 0 spiro atoms.